The van der Waals surface area contributed by atoms with Crippen LogP contribution in [-0.4, -0.2) is 113 Å². The molecule has 4 aliphatic carbocycles. The molecule has 0 unspecified atom stereocenters. The van der Waals surface area contributed by atoms with Gasteiger partial charge in [0.25, 0.3) is 0 Å². The Morgan fingerprint density at radius 1 is 1.12 bits per heavy atom. The van der Waals surface area contributed by atoms with E-state index in [0.29, 0.717) is 34.4 Å². The van der Waals surface area contributed by atoms with Gasteiger partial charge in [0, 0.05) is 65.3 Å². The van der Waals surface area contributed by atoms with Crippen LogP contribution in [0.1, 0.15) is 81.0 Å². The summed E-state index contributed by atoms with van der Waals surface area (Å²) >= 11 is 2.97. The molecule has 0 bridgehead atoms. The van der Waals surface area contributed by atoms with E-state index in [1.807, 2.05) is 0 Å². The zero-order valence-electron chi connectivity index (χ0n) is 36.3. The van der Waals surface area contributed by atoms with Gasteiger partial charge in [0.2, 0.25) is 17.7 Å². The number of nitrogens with zero attached hydrogens (tertiary/aromatic N) is 1. The van der Waals surface area contributed by atoms with Gasteiger partial charge in [-0.1, -0.05) is 46.6 Å². The quantitative estimate of drug-likeness (QED) is 0.0836. The Balaban J connectivity index is 1.11. The molecular formula is C44H53BrFN4O15P. The van der Waals surface area contributed by atoms with E-state index in [2.05, 4.69) is 31.9 Å². The number of carboxylic acids is 1. The zero-order chi connectivity index (χ0) is 48.1. The lowest BCUT2D eigenvalue weighted by Crippen LogP contribution is -2.69. The number of aliphatic hydroxyl groups is 2. The summed E-state index contributed by atoms with van der Waals surface area (Å²) in [6.45, 7) is 1.39. The standard InChI is InChI=1S/C44H53BrFN4O15P/c1-41-11-10-28(52)15-26(41)5-6-29-30-16-35-44(34(54)22-63-66(60,61)62,42(30,2)17-33(53)43(29,41)46)65-40(64-35)24-14-27(50(3)20-24)13-23-4-7-31(25(12-23)21-51)49-39(59)32(8-9-38(57)58)48-37(56)19-47-36(55)18-45/h4,7,10-12,14-15,20,29-30,32-33,35,40,51,53H,5-6,8-9,13,16-19,21-22H2,1-3H3,(H,47,55)(H,48,56)(H,49,59)(H,57,58)(H2,60,61,62)/t29-,30-,32-,33-,35+,40+,41-,42-,43-,44+/m0/s1. The Hall–Kier alpha value is -4.44. The van der Waals surface area contributed by atoms with Gasteiger partial charge in [0.05, 0.1) is 30.7 Å². The normalized spacial score (nSPS) is 31.4. The fourth-order valence-electron chi connectivity index (χ4n) is 11.2. The monoisotopic (exact) mass is 1010 g/mol. The van der Waals surface area contributed by atoms with Crippen molar-refractivity contribution in [1.82, 2.24) is 15.2 Å². The molecule has 8 N–H and O–H groups in total. The predicted molar refractivity (Wildman–Crippen MR) is 233 cm³/mol. The molecule has 19 nitrogen and oxygen atoms in total. The van der Waals surface area contributed by atoms with Crippen LogP contribution in [0.3, 0.4) is 0 Å². The minimum absolute atomic E-state index is 0.0516. The number of ketones is 2. The lowest BCUT2D eigenvalue weighted by atomic mass is 9.44. The third-order valence-corrected chi connectivity index (χ3v) is 15.4. The van der Waals surface area contributed by atoms with Crippen molar-refractivity contribution in [2.24, 2.45) is 29.7 Å². The van der Waals surface area contributed by atoms with Crippen LogP contribution < -0.4 is 16.0 Å². The van der Waals surface area contributed by atoms with Crippen LogP contribution in [0.5, 0.6) is 0 Å². The van der Waals surface area contributed by atoms with Crippen LogP contribution in [0.25, 0.3) is 0 Å². The number of aromatic nitrogens is 1. The van der Waals surface area contributed by atoms with Gasteiger partial charge in [0.1, 0.15) is 12.6 Å². The number of benzene rings is 1. The Kier molecular flexibility index (Phi) is 13.9. The number of alkyl halides is 2. The molecule has 5 aliphatic rings. The number of phosphoric acid groups is 1. The van der Waals surface area contributed by atoms with Gasteiger partial charge in [0.15, 0.2) is 29.1 Å². The van der Waals surface area contributed by atoms with Gasteiger partial charge >= 0.3 is 13.8 Å². The summed E-state index contributed by atoms with van der Waals surface area (Å²) in [5.74, 6) is -5.65. The minimum Gasteiger partial charge on any atom is -0.481 e. The molecule has 4 fully saturated rings. The molecule has 22 heteroatoms. The number of aliphatic hydroxyl groups excluding tert-OH is 2. The van der Waals surface area contributed by atoms with Crippen LogP contribution in [-0.2, 0) is 67.4 Å². The average molecular weight is 1010 g/mol. The number of carboxylic acid groups (broad SMARTS) is 1. The molecule has 2 heterocycles. The molecule has 0 spiro atoms. The molecule has 1 aliphatic heterocycles. The zero-order valence-corrected chi connectivity index (χ0v) is 38.8. The van der Waals surface area contributed by atoms with Gasteiger partial charge in [-0.05, 0) is 74.8 Å². The van der Waals surface area contributed by atoms with Crippen molar-refractivity contribution in [1.29, 1.82) is 0 Å². The number of ether oxygens (including phenoxy) is 2. The van der Waals surface area contributed by atoms with Gasteiger partial charge in [-0.3, -0.25) is 33.3 Å². The summed E-state index contributed by atoms with van der Waals surface area (Å²) in [6, 6.07) is 5.37. The topological polar surface area (TPSA) is 289 Å². The molecule has 10 atom stereocenters. The molecule has 3 saturated carbocycles. The first-order valence-corrected chi connectivity index (χ1v) is 24.0. The highest BCUT2D eigenvalue weighted by Gasteiger charge is 2.79. The van der Waals surface area contributed by atoms with E-state index in [1.165, 1.54) is 18.2 Å². The van der Waals surface area contributed by atoms with Crippen molar-refractivity contribution in [3.63, 3.8) is 0 Å². The first-order chi connectivity index (χ1) is 31.0. The molecule has 1 aromatic carbocycles. The first kappa shape index (κ1) is 49.5. The lowest BCUT2D eigenvalue weighted by Gasteiger charge is -2.62. The smallest absolute Gasteiger partial charge is 0.470 e. The summed E-state index contributed by atoms with van der Waals surface area (Å²) in [5, 5.41) is 38.9. The highest BCUT2D eigenvalue weighted by atomic mass is 79.9. The number of hydrogen-bond acceptors (Lipinski definition) is 12. The van der Waals surface area contributed by atoms with Crippen LogP contribution in [0, 0.1) is 22.7 Å². The minimum atomic E-state index is -5.14. The second-order valence-electron chi connectivity index (χ2n) is 18.2. The maximum absolute atomic E-state index is 17.9. The van der Waals surface area contributed by atoms with E-state index in [9.17, 15) is 58.4 Å². The van der Waals surface area contributed by atoms with Crippen LogP contribution in [0.2, 0.25) is 0 Å². The molecule has 66 heavy (non-hydrogen) atoms. The van der Waals surface area contributed by atoms with Gasteiger partial charge in [-0.2, -0.15) is 0 Å². The first-order valence-electron chi connectivity index (χ1n) is 21.4. The van der Waals surface area contributed by atoms with E-state index in [4.69, 9.17) is 14.0 Å². The number of aryl methyl sites for hydroxylation is 1. The number of allylic oxidation sites excluding steroid dienone is 4. The summed E-state index contributed by atoms with van der Waals surface area (Å²) in [6.07, 6.45) is 2.15. The van der Waals surface area contributed by atoms with Crippen molar-refractivity contribution in [2.75, 3.05) is 23.8 Å². The van der Waals surface area contributed by atoms with E-state index >= 15 is 4.39 Å². The number of Topliss-reactive ketones (excluding diaryl/α,β-unsaturated/α-hetero) is 1. The Morgan fingerprint density at radius 2 is 1.86 bits per heavy atom. The Bertz CT molecular complexity index is 2440. The predicted octanol–water partition coefficient (Wildman–Crippen LogP) is 2.72. The molecule has 2 aromatic rings. The summed E-state index contributed by atoms with van der Waals surface area (Å²) in [7, 11) is -3.38. The summed E-state index contributed by atoms with van der Waals surface area (Å²) < 4.78 is 49.5. The number of aliphatic carboxylic acids is 1. The molecule has 3 amide bonds. The van der Waals surface area contributed by atoms with Crippen molar-refractivity contribution in [2.45, 2.75) is 101 Å². The molecule has 1 saturated heterocycles. The number of anilines is 1. The van der Waals surface area contributed by atoms with Crippen molar-refractivity contribution in [3.05, 3.63) is 76.6 Å². The number of halogens is 2. The fraction of sp³-hybridized carbons (Fsp3) is 0.545. The van der Waals surface area contributed by atoms with E-state index in [-0.39, 0.29) is 48.9 Å². The van der Waals surface area contributed by atoms with E-state index < -0.39 is 122 Å². The maximum atomic E-state index is 17.9. The highest BCUT2D eigenvalue weighted by molar-refractivity contribution is 9.09. The number of hydrogen-bond donors (Lipinski definition) is 8. The highest BCUT2D eigenvalue weighted by Crippen LogP contribution is 2.72. The van der Waals surface area contributed by atoms with Gasteiger partial charge in [-0.15, -0.1) is 0 Å². The summed E-state index contributed by atoms with van der Waals surface area (Å²) in [5.41, 5.74) is -3.82. The second kappa shape index (κ2) is 18.6. The largest absolute Gasteiger partial charge is 0.481 e. The van der Waals surface area contributed by atoms with Gasteiger partial charge < -0.3 is 55.1 Å². The van der Waals surface area contributed by atoms with E-state index in [1.54, 1.807) is 55.9 Å². The third-order valence-electron chi connectivity index (χ3n) is 14.4. The van der Waals surface area contributed by atoms with E-state index in [0.717, 1.165) is 0 Å². The van der Waals surface area contributed by atoms with Crippen molar-refractivity contribution >= 4 is 64.7 Å². The molecule has 1 aromatic heterocycles. The number of carbonyl (C=O) groups is 6. The molecule has 0 radical (unpaired) electrons. The van der Waals surface area contributed by atoms with Crippen LogP contribution >= 0.6 is 23.8 Å². The Labute approximate surface area is 386 Å². The number of carbonyl (C=O) groups excluding carboxylic acids is 5. The van der Waals surface area contributed by atoms with Crippen molar-refractivity contribution < 1.29 is 76.8 Å². The Morgan fingerprint density at radius 3 is 2.55 bits per heavy atom. The molecule has 7 rings (SSSR count). The molecule has 358 valence electrons. The summed E-state index contributed by atoms with van der Waals surface area (Å²) in [4.78, 5) is 94.6. The fourth-order valence-corrected chi connectivity index (χ4v) is 11.7. The average Bonchev–Trinajstić information content (AvgIpc) is 3.90. The lowest BCUT2D eigenvalue weighted by molar-refractivity contribution is -0.231. The number of amides is 3. The number of phosphoric ester groups is 1. The van der Waals surface area contributed by atoms with Crippen LogP contribution in [0.4, 0.5) is 10.1 Å². The maximum Gasteiger partial charge on any atom is 0.470 e. The van der Waals surface area contributed by atoms with Crippen molar-refractivity contribution in [3.8, 4) is 0 Å². The van der Waals surface area contributed by atoms with Gasteiger partial charge in [-0.25, -0.2) is 8.96 Å². The third kappa shape index (κ3) is 8.89. The SMILES string of the molecule is Cn1cc([C@@H]2O[C@@H]3C[C@H]4[C@@H]5CCC6=CC(=O)C=C[C@]6(C)[C@@]5(F)[C@@H](O)C[C@]4(C)[C@]3(C(=O)COP(=O)(O)O)O2)cc1Cc1ccc(NC(=O)[C@H](CCC(=O)O)NC(=O)CNC(=O)CBr)c(CO)c1. The second-order valence-corrected chi connectivity index (χ2v) is 20.0. The number of nitrogens with one attached hydrogen (secondary N) is 3. The number of fused-ring (bicyclic) bond motifs is 7. The number of rotatable bonds is 17. The molecular weight excluding hydrogens is 954 g/mol. The van der Waals surface area contributed by atoms with Crippen LogP contribution in [0.15, 0.2) is 54.3 Å².